The summed E-state index contributed by atoms with van der Waals surface area (Å²) in [6.45, 7) is 0. The van der Waals surface area contributed by atoms with Gasteiger partial charge in [0.1, 0.15) is 0 Å². The first-order valence-electron chi connectivity index (χ1n) is 10.7. The molecule has 1 aliphatic rings. The fourth-order valence-electron chi connectivity index (χ4n) is 4.15. The van der Waals surface area contributed by atoms with Crippen LogP contribution in [-0.4, -0.2) is 16.1 Å². The van der Waals surface area contributed by atoms with E-state index < -0.39 is 0 Å². The molecule has 0 saturated heterocycles. The van der Waals surface area contributed by atoms with Crippen LogP contribution in [0.1, 0.15) is 53.6 Å². The first-order valence-corrected chi connectivity index (χ1v) is 10.7. The highest BCUT2D eigenvalue weighted by molar-refractivity contribution is 5.90. The summed E-state index contributed by atoms with van der Waals surface area (Å²) in [7, 11) is 0. The zero-order chi connectivity index (χ0) is 20.8. The van der Waals surface area contributed by atoms with Gasteiger partial charge in [0.05, 0.1) is 5.69 Å². The van der Waals surface area contributed by atoms with Crippen molar-refractivity contribution in [3.8, 4) is 0 Å². The second kappa shape index (κ2) is 9.53. The predicted molar refractivity (Wildman–Crippen MR) is 119 cm³/mol. The number of hydrogen-bond acceptors (Lipinski definition) is 3. The van der Waals surface area contributed by atoms with Crippen molar-refractivity contribution in [3.05, 3.63) is 92.9 Å². The number of benzene rings is 2. The van der Waals surface area contributed by atoms with Crippen molar-refractivity contribution in [2.75, 3.05) is 5.32 Å². The van der Waals surface area contributed by atoms with Gasteiger partial charge in [-0.15, -0.1) is 0 Å². The average Bonchev–Trinajstić information content (AvgIpc) is 2.77. The molecule has 0 atom stereocenters. The molecule has 154 valence electrons. The number of aromatic amines is 1. The summed E-state index contributed by atoms with van der Waals surface area (Å²) in [5.41, 5.74) is 6.03. The maximum Gasteiger partial charge on any atom is 0.267 e. The van der Waals surface area contributed by atoms with Gasteiger partial charge in [0, 0.05) is 24.1 Å². The van der Waals surface area contributed by atoms with Crippen molar-refractivity contribution in [1.82, 2.24) is 10.2 Å². The Morgan fingerprint density at radius 2 is 1.73 bits per heavy atom. The molecule has 30 heavy (non-hydrogen) atoms. The molecular weight excluding hydrogens is 374 g/mol. The summed E-state index contributed by atoms with van der Waals surface area (Å²) in [5, 5.41) is 9.99. The lowest BCUT2D eigenvalue weighted by Gasteiger charge is -2.17. The SMILES string of the molecule is O=C(CCCc1ccccc1)Nc1cccc(Cc2n[nH]c(=O)c3c2CCCC3)c1. The van der Waals surface area contributed by atoms with Crippen LogP contribution < -0.4 is 10.9 Å². The number of rotatable bonds is 7. The quantitative estimate of drug-likeness (QED) is 0.623. The summed E-state index contributed by atoms with van der Waals surface area (Å²) in [6.07, 6.45) is 6.78. The van der Waals surface area contributed by atoms with Crippen molar-refractivity contribution in [1.29, 1.82) is 0 Å². The zero-order valence-corrected chi connectivity index (χ0v) is 17.1. The Hall–Kier alpha value is -3.21. The Bertz CT molecular complexity index is 1070. The second-order valence-corrected chi connectivity index (χ2v) is 7.93. The number of aryl methyl sites for hydroxylation is 1. The van der Waals surface area contributed by atoms with Crippen LogP contribution in [0.2, 0.25) is 0 Å². The molecule has 5 heteroatoms. The Kier molecular flexibility index (Phi) is 6.38. The first-order chi connectivity index (χ1) is 14.7. The number of hydrogen-bond donors (Lipinski definition) is 2. The number of nitrogens with one attached hydrogen (secondary N) is 2. The van der Waals surface area contributed by atoms with Crippen molar-refractivity contribution in [2.45, 2.75) is 51.4 Å². The van der Waals surface area contributed by atoms with Crippen LogP contribution >= 0.6 is 0 Å². The van der Waals surface area contributed by atoms with E-state index in [1.165, 1.54) is 5.56 Å². The van der Waals surface area contributed by atoms with E-state index in [0.717, 1.165) is 66.6 Å². The molecule has 1 aliphatic carbocycles. The monoisotopic (exact) mass is 401 g/mol. The van der Waals surface area contributed by atoms with Crippen molar-refractivity contribution >= 4 is 11.6 Å². The lowest BCUT2D eigenvalue weighted by atomic mass is 9.90. The summed E-state index contributed by atoms with van der Waals surface area (Å²) in [4.78, 5) is 24.4. The van der Waals surface area contributed by atoms with Crippen LogP contribution in [0.4, 0.5) is 5.69 Å². The largest absolute Gasteiger partial charge is 0.326 e. The lowest BCUT2D eigenvalue weighted by molar-refractivity contribution is -0.116. The van der Waals surface area contributed by atoms with Gasteiger partial charge in [-0.25, -0.2) is 5.10 Å². The molecule has 4 rings (SSSR count). The smallest absolute Gasteiger partial charge is 0.267 e. The highest BCUT2D eigenvalue weighted by atomic mass is 16.1. The van der Waals surface area contributed by atoms with E-state index in [1.807, 2.05) is 42.5 Å². The van der Waals surface area contributed by atoms with E-state index in [-0.39, 0.29) is 11.5 Å². The number of aromatic nitrogens is 2. The highest BCUT2D eigenvalue weighted by Gasteiger charge is 2.18. The van der Waals surface area contributed by atoms with Gasteiger partial charge in [-0.1, -0.05) is 42.5 Å². The Morgan fingerprint density at radius 3 is 2.57 bits per heavy atom. The Labute approximate surface area is 176 Å². The molecular formula is C25H27N3O2. The molecule has 0 aliphatic heterocycles. The lowest BCUT2D eigenvalue weighted by Crippen LogP contribution is -2.23. The van der Waals surface area contributed by atoms with Gasteiger partial charge in [0.25, 0.3) is 5.56 Å². The van der Waals surface area contributed by atoms with Crippen LogP contribution in [-0.2, 0) is 30.5 Å². The van der Waals surface area contributed by atoms with E-state index >= 15 is 0 Å². The molecule has 3 aromatic rings. The van der Waals surface area contributed by atoms with Gasteiger partial charge < -0.3 is 5.32 Å². The van der Waals surface area contributed by atoms with E-state index in [2.05, 4.69) is 27.6 Å². The fourth-order valence-corrected chi connectivity index (χ4v) is 4.15. The maximum absolute atomic E-state index is 12.3. The van der Waals surface area contributed by atoms with E-state index in [9.17, 15) is 9.59 Å². The van der Waals surface area contributed by atoms with Crippen molar-refractivity contribution < 1.29 is 4.79 Å². The van der Waals surface area contributed by atoms with Crippen molar-refractivity contribution in [3.63, 3.8) is 0 Å². The Balaban J connectivity index is 1.37. The molecule has 0 fully saturated rings. The molecule has 2 aromatic carbocycles. The highest BCUT2D eigenvalue weighted by Crippen LogP contribution is 2.23. The fraction of sp³-hybridized carbons (Fsp3) is 0.320. The molecule has 1 amide bonds. The number of anilines is 1. The van der Waals surface area contributed by atoms with Gasteiger partial charge >= 0.3 is 0 Å². The van der Waals surface area contributed by atoms with Crippen LogP contribution in [0.3, 0.4) is 0 Å². The van der Waals surface area contributed by atoms with Gasteiger partial charge in [0.15, 0.2) is 0 Å². The van der Waals surface area contributed by atoms with Crippen LogP contribution in [0.15, 0.2) is 59.4 Å². The number of carbonyl (C=O) groups is 1. The number of nitrogens with zero attached hydrogens (tertiary/aromatic N) is 1. The third-order valence-electron chi connectivity index (χ3n) is 5.68. The molecule has 2 N–H and O–H groups in total. The standard InChI is InChI=1S/C25H27N3O2/c29-24(15-7-10-18-8-2-1-3-9-18)26-20-12-6-11-19(16-20)17-23-21-13-4-5-14-22(21)25(30)28-27-23/h1-3,6,8-9,11-12,16H,4-5,7,10,13-15,17H2,(H,26,29)(H,28,30). The predicted octanol–water partition coefficient (Wildman–Crippen LogP) is 4.20. The van der Waals surface area contributed by atoms with Crippen molar-refractivity contribution in [2.24, 2.45) is 0 Å². The summed E-state index contributed by atoms with van der Waals surface area (Å²) in [6, 6.07) is 18.1. The summed E-state index contributed by atoms with van der Waals surface area (Å²) >= 11 is 0. The van der Waals surface area contributed by atoms with Crippen LogP contribution in [0.25, 0.3) is 0 Å². The molecule has 0 bridgehead atoms. The molecule has 5 nitrogen and oxygen atoms in total. The minimum atomic E-state index is -0.0510. The van der Waals surface area contributed by atoms with Gasteiger partial charge in [-0.3, -0.25) is 9.59 Å². The van der Waals surface area contributed by atoms with Gasteiger partial charge in [-0.2, -0.15) is 5.10 Å². The van der Waals surface area contributed by atoms with E-state index in [4.69, 9.17) is 0 Å². The zero-order valence-electron chi connectivity index (χ0n) is 17.1. The summed E-state index contributed by atoms with van der Waals surface area (Å²) < 4.78 is 0. The third kappa shape index (κ3) is 5.03. The molecule has 0 saturated carbocycles. The van der Waals surface area contributed by atoms with E-state index in [0.29, 0.717) is 12.8 Å². The number of amides is 1. The first kappa shape index (κ1) is 20.1. The van der Waals surface area contributed by atoms with Crippen LogP contribution in [0.5, 0.6) is 0 Å². The number of carbonyl (C=O) groups excluding carboxylic acids is 1. The Morgan fingerprint density at radius 1 is 0.967 bits per heavy atom. The maximum atomic E-state index is 12.3. The third-order valence-corrected chi connectivity index (χ3v) is 5.68. The molecule has 0 unspecified atom stereocenters. The topological polar surface area (TPSA) is 74.8 Å². The molecule has 0 radical (unpaired) electrons. The van der Waals surface area contributed by atoms with E-state index in [1.54, 1.807) is 0 Å². The second-order valence-electron chi connectivity index (χ2n) is 7.93. The average molecular weight is 402 g/mol. The van der Waals surface area contributed by atoms with Crippen LogP contribution in [0, 0.1) is 0 Å². The molecule has 0 spiro atoms. The normalized spacial score (nSPS) is 12.9. The minimum Gasteiger partial charge on any atom is -0.326 e. The molecule has 1 heterocycles. The van der Waals surface area contributed by atoms with Gasteiger partial charge in [0.2, 0.25) is 5.91 Å². The number of fused-ring (bicyclic) bond motifs is 1. The summed E-state index contributed by atoms with van der Waals surface area (Å²) in [5.74, 6) is 0.0302. The number of H-pyrrole nitrogens is 1. The van der Waals surface area contributed by atoms with Gasteiger partial charge in [-0.05, 0) is 67.3 Å². The molecule has 1 aromatic heterocycles. The minimum absolute atomic E-state index is 0.0302.